The largest absolute Gasteiger partial charge is 0.374 e. The average Bonchev–Trinajstić information content (AvgIpc) is 2.80. The van der Waals surface area contributed by atoms with Crippen LogP contribution in [0.25, 0.3) is 5.69 Å². The average molecular weight is 199 g/mol. The van der Waals surface area contributed by atoms with Crippen molar-refractivity contribution in [3.8, 4) is 18.0 Å². The predicted molar refractivity (Wildman–Crippen MR) is 56.5 cm³/mol. The summed E-state index contributed by atoms with van der Waals surface area (Å²) < 4.78 is 1.58. The van der Waals surface area contributed by atoms with E-state index in [2.05, 4.69) is 26.8 Å². The standard InChI is InChI=1S/C10H9N5/c1-2-6-11-9-4-3-5-10(7-9)15-8-12-13-14-15/h1,3-5,7-8,11H,6H2. The Balaban J connectivity index is 2.24. The first-order valence-corrected chi connectivity index (χ1v) is 4.41. The van der Waals surface area contributed by atoms with Crippen LogP contribution in [0, 0.1) is 12.3 Å². The van der Waals surface area contributed by atoms with E-state index in [1.807, 2.05) is 24.3 Å². The zero-order valence-corrected chi connectivity index (χ0v) is 7.96. The van der Waals surface area contributed by atoms with Crippen molar-refractivity contribution < 1.29 is 0 Å². The second kappa shape index (κ2) is 4.24. The summed E-state index contributed by atoms with van der Waals surface area (Å²) in [4.78, 5) is 0. The van der Waals surface area contributed by atoms with Crippen molar-refractivity contribution in [2.45, 2.75) is 0 Å². The molecule has 15 heavy (non-hydrogen) atoms. The molecule has 0 radical (unpaired) electrons. The van der Waals surface area contributed by atoms with E-state index in [-0.39, 0.29) is 0 Å². The fraction of sp³-hybridized carbons (Fsp3) is 0.100. The van der Waals surface area contributed by atoms with E-state index in [1.54, 1.807) is 11.0 Å². The number of nitrogens with zero attached hydrogens (tertiary/aromatic N) is 4. The molecule has 5 heteroatoms. The van der Waals surface area contributed by atoms with Gasteiger partial charge in [-0.3, -0.25) is 0 Å². The number of anilines is 1. The van der Waals surface area contributed by atoms with Crippen LogP contribution in [0.4, 0.5) is 5.69 Å². The third-order valence-electron chi connectivity index (χ3n) is 1.85. The van der Waals surface area contributed by atoms with Crippen LogP contribution in [0.2, 0.25) is 0 Å². The molecule has 1 N–H and O–H groups in total. The maximum atomic E-state index is 5.16. The van der Waals surface area contributed by atoms with Crippen LogP contribution in [0.3, 0.4) is 0 Å². The summed E-state index contributed by atoms with van der Waals surface area (Å²) in [5.41, 5.74) is 1.84. The summed E-state index contributed by atoms with van der Waals surface area (Å²) in [7, 11) is 0. The van der Waals surface area contributed by atoms with Crippen LogP contribution in [0.5, 0.6) is 0 Å². The Labute approximate surface area is 87.1 Å². The van der Waals surface area contributed by atoms with Crippen molar-refractivity contribution in [1.29, 1.82) is 0 Å². The Morgan fingerprint density at radius 1 is 1.47 bits per heavy atom. The molecule has 0 amide bonds. The third-order valence-corrected chi connectivity index (χ3v) is 1.85. The number of terminal acetylenes is 1. The van der Waals surface area contributed by atoms with Gasteiger partial charge in [-0.25, -0.2) is 4.68 Å². The number of nitrogens with one attached hydrogen (secondary N) is 1. The minimum absolute atomic E-state index is 0.499. The molecule has 2 aromatic rings. The Kier molecular flexibility index (Phi) is 2.61. The van der Waals surface area contributed by atoms with Crippen molar-refractivity contribution in [2.75, 3.05) is 11.9 Å². The molecule has 0 saturated heterocycles. The third kappa shape index (κ3) is 2.11. The summed E-state index contributed by atoms with van der Waals surface area (Å²) in [5, 5.41) is 14.0. The van der Waals surface area contributed by atoms with E-state index in [1.165, 1.54) is 0 Å². The van der Waals surface area contributed by atoms with Crippen LogP contribution in [0.15, 0.2) is 30.6 Å². The minimum atomic E-state index is 0.499. The van der Waals surface area contributed by atoms with Crippen molar-refractivity contribution >= 4 is 5.69 Å². The molecule has 1 aromatic heterocycles. The summed E-state index contributed by atoms with van der Waals surface area (Å²) in [6, 6.07) is 7.69. The van der Waals surface area contributed by atoms with Crippen LogP contribution in [-0.4, -0.2) is 26.8 Å². The molecule has 0 aliphatic rings. The first-order chi connectivity index (χ1) is 7.40. The molecule has 0 unspecified atom stereocenters. The van der Waals surface area contributed by atoms with Gasteiger partial charge < -0.3 is 5.32 Å². The predicted octanol–water partition coefficient (Wildman–Crippen LogP) is 0.707. The van der Waals surface area contributed by atoms with Crippen LogP contribution < -0.4 is 5.32 Å². The number of hydrogen-bond donors (Lipinski definition) is 1. The number of rotatable bonds is 3. The van der Waals surface area contributed by atoms with E-state index < -0.39 is 0 Å². The van der Waals surface area contributed by atoms with Gasteiger partial charge in [-0.05, 0) is 28.6 Å². The van der Waals surface area contributed by atoms with Crippen LogP contribution >= 0.6 is 0 Å². The molecule has 0 atom stereocenters. The van der Waals surface area contributed by atoms with Crippen molar-refractivity contribution in [1.82, 2.24) is 20.2 Å². The van der Waals surface area contributed by atoms with Gasteiger partial charge in [0.25, 0.3) is 0 Å². The maximum absolute atomic E-state index is 5.16. The van der Waals surface area contributed by atoms with Gasteiger partial charge in [0.15, 0.2) is 0 Å². The lowest BCUT2D eigenvalue weighted by atomic mass is 10.3. The summed E-state index contributed by atoms with van der Waals surface area (Å²) in [6.45, 7) is 0.499. The molecule has 2 rings (SSSR count). The monoisotopic (exact) mass is 199 g/mol. The Morgan fingerprint density at radius 3 is 3.13 bits per heavy atom. The number of hydrogen-bond acceptors (Lipinski definition) is 4. The van der Waals surface area contributed by atoms with E-state index in [0.717, 1.165) is 11.4 Å². The number of benzene rings is 1. The molecule has 1 aromatic carbocycles. The van der Waals surface area contributed by atoms with Crippen molar-refractivity contribution in [2.24, 2.45) is 0 Å². The Morgan fingerprint density at radius 2 is 2.40 bits per heavy atom. The summed E-state index contributed by atoms with van der Waals surface area (Å²) in [5.74, 6) is 2.51. The van der Waals surface area contributed by atoms with Gasteiger partial charge in [-0.2, -0.15) is 0 Å². The topological polar surface area (TPSA) is 55.6 Å². The fourth-order valence-corrected chi connectivity index (χ4v) is 1.19. The highest BCUT2D eigenvalue weighted by Crippen LogP contribution is 2.12. The molecule has 74 valence electrons. The molecule has 0 bridgehead atoms. The number of tetrazole rings is 1. The van der Waals surface area contributed by atoms with Gasteiger partial charge in [0.2, 0.25) is 0 Å². The lowest BCUT2D eigenvalue weighted by Crippen LogP contribution is -2.00. The fourth-order valence-electron chi connectivity index (χ4n) is 1.19. The summed E-state index contributed by atoms with van der Waals surface area (Å²) in [6.07, 6.45) is 6.70. The van der Waals surface area contributed by atoms with E-state index in [4.69, 9.17) is 6.42 Å². The highest BCUT2D eigenvalue weighted by atomic mass is 15.5. The van der Waals surface area contributed by atoms with Gasteiger partial charge in [0.05, 0.1) is 12.2 Å². The van der Waals surface area contributed by atoms with Gasteiger partial charge in [0.1, 0.15) is 6.33 Å². The van der Waals surface area contributed by atoms with E-state index in [9.17, 15) is 0 Å². The lowest BCUT2D eigenvalue weighted by Gasteiger charge is -2.04. The maximum Gasteiger partial charge on any atom is 0.143 e. The van der Waals surface area contributed by atoms with E-state index in [0.29, 0.717) is 6.54 Å². The SMILES string of the molecule is C#CCNc1cccc(-n2cnnn2)c1. The quantitative estimate of drug-likeness (QED) is 0.739. The normalized spacial score (nSPS) is 9.53. The Hall–Kier alpha value is -2.35. The van der Waals surface area contributed by atoms with Crippen LogP contribution in [0.1, 0.15) is 0 Å². The molecular formula is C10H9N5. The Bertz CT molecular complexity index is 469. The molecule has 0 aliphatic heterocycles. The smallest absolute Gasteiger partial charge is 0.143 e. The minimum Gasteiger partial charge on any atom is -0.374 e. The number of aromatic nitrogens is 4. The zero-order chi connectivity index (χ0) is 10.5. The van der Waals surface area contributed by atoms with Gasteiger partial charge in [-0.1, -0.05) is 12.0 Å². The lowest BCUT2D eigenvalue weighted by molar-refractivity contribution is 0.789. The summed E-state index contributed by atoms with van der Waals surface area (Å²) >= 11 is 0. The van der Waals surface area contributed by atoms with Crippen molar-refractivity contribution in [3.63, 3.8) is 0 Å². The molecule has 0 spiro atoms. The molecular weight excluding hydrogens is 190 g/mol. The highest BCUT2D eigenvalue weighted by Gasteiger charge is 1.98. The molecule has 0 aliphatic carbocycles. The van der Waals surface area contributed by atoms with Gasteiger partial charge >= 0.3 is 0 Å². The molecule has 0 fully saturated rings. The van der Waals surface area contributed by atoms with Crippen LogP contribution in [-0.2, 0) is 0 Å². The molecule has 0 saturated carbocycles. The van der Waals surface area contributed by atoms with Gasteiger partial charge in [-0.15, -0.1) is 11.5 Å². The first-order valence-electron chi connectivity index (χ1n) is 4.41. The van der Waals surface area contributed by atoms with E-state index >= 15 is 0 Å². The second-order valence-electron chi connectivity index (χ2n) is 2.86. The van der Waals surface area contributed by atoms with Gasteiger partial charge in [0, 0.05) is 5.69 Å². The highest BCUT2D eigenvalue weighted by molar-refractivity contribution is 5.51. The first kappa shape index (κ1) is 9.21. The second-order valence-corrected chi connectivity index (χ2v) is 2.86. The molecule has 5 nitrogen and oxygen atoms in total. The molecule has 1 heterocycles. The van der Waals surface area contributed by atoms with Crippen molar-refractivity contribution in [3.05, 3.63) is 30.6 Å². The zero-order valence-electron chi connectivity index (χ0n) is 7.96.